The molecule has 0 spiro atoms. The van der Waals surface area contributed by atoms with Crippen LogP contribution in [0.1, 0.15) is 15.9 Å². The van der Waals surface area contributed by atoms with Crippen LogP contribution in [0.3, 0.4) is 0 Å². The number of rotatable bonds is 3. The molecular weight excluding hydrogens is 288 g/mol. The first-order valence-electron chi connectivity index (χ1n) is 6.02. The molecule has 0 atom stereocenters. The van der Waals surface area contributed by atoms with Crippen LogP contribution in [0.4, 0.5) is 5.69 Å². The van der Waals surface area contributed by atoms with Crippen LogP contribution in [0.2, 0.25) is 0 Å². The number of carbonyl (C=O) groups excluding carboxylic acids is 1. The summed E-state index contributed by atoms with van der Waals surface area (Å²) in [5, 5.41) is 11.7. The van der Waals surface area contributed by atoms with E-state index in [0.717, 1.165) is 6.26 Å². The lowest BCUT2D eigenvalue weighted by Gasteiger charge is -2.07. The molecule has 0 unspecified atom stereocenters. The number of nitrogens with zero attached hydrogens (tertiary/aromatic N) is 1. The van der Waals surface area contributed by atoms with Gasteiger partial charge in [0.15, 0.2) is 9.84 Å². The van der Waals surface area contributed by atoms with Gasteiger partial charge in [-0.15, -0.1) is 0 Å². The molecule has 2 aromatic carbocycles. The lowest BCUT2D eigenvalue weighted by Crippen LogP contribution is -2.12. The first-order chi connectivity index (χ1) is 9.91. The van der Waals surface area contributed by atoms with Crippen LogP contribution in [0.15, 0.2) is 53.4 Å². The molecule has 2 rings (SSSR count). The van der Waals surface area contributed by atoms with Gasteiger partial charge in [0.05, 0.1) is 10.5 Å². The maximum absolute atomic E-state index is 12.0. The molecule has 0 aliphatic heterocycles. The van der Waals surface area contributed by atoms with Gasteiger partial charge in [-0.3, -0.25) is 4.79 Å². The molecule has 0 bridgehead atoms. The van der Waals surface area contributed by atoms with E-state index < -0.39 is 9.84 Å². The number of hydrogen-bond acceptors (Lipinski definition) is 4. The maximum atomic E-state index is 12.0. The summed E-state index contributed by atoms with van der Waals surface area (Å²) in [6, 6.07) is 14.5. The lowest BCUT2D eigenvalue weighted by molar-refractivity contribution is 0.102. The predicted molar refractivity (Wildman–Crippen MR) is 78.7 cm³/mol. The summed E-state index contributed by atoms with van der Waals surface area (Å²) >= 11 is 0. The number of anilines is 1. The number of sulfone groups is 1. The fourth-order valence-electron chi connectivity index (χ4n) is 1.81. The number of nitriles is 1. The highest BCUT2D eigenvalue weighted by Crippen LogP contribution is 2.20. The highest BCUT2D eigenvalue weighted by atomic mass is 32.2. The van der Waals surface area contributed by atoms with Gasteiger partial charge in [0.1, 0.15) is 6.07 Å². The molecule has 0 saturated heterocycles. The zero-order valence-electron chi connectivity index (χ0n) is 11.2. The third-order valence-corrected chi connectivity index (χ3v) is 3.95. The Hall–Kier alpha value is -2.65. The van der Waals surface area contributed by atoms with Crippen LogP contribution in [-0.4, -0.2) is 20.6 Å². The van der Waals surface area contributed by atoms with E-state index in [4.69, 9.17) is 5.26 Å². The third kappa shape index (κ3) is 3.46. The molecule has 5 nitrogen and oxygen atoms in total. The largest absolute Gasteiger partial charge is 0.322 e. The monoisotopic (exact) mass is 300 g/mol. The van der Waals surface area contributed by atoms with Crippen molar-refractivity contribution in [3.63, 3.8) is 0 Å². The fraction of sp³-hybridized carbons (Fsp3) is 0.0667. The van der Waals surface area contributed by atoms with Crippen molar-refractivity contribution < 1.29 is 13.2 Å². The molecule has 1 amide bonds. The van der Waals surface area contributed by atoms with Crippen molar-refractivity contribution in [2.24, 2.45) is 0 Å². The molecule has 21 heavy (non-hydrogen) atoms. The Morgan fingerprint density at radius 3 is 2.38 bits per heavy atom. The van der Waals surface area contributed by atoms with Crippen molar-refractivity contribution >= 4 is 21.4 Å². The molecule has 0 aromatic heterocycles. The Kier molecular flexibility index (Phi) is 4.05. The van der Waals surface area contributed by atoms with Crippen molar-refractivity contribution in [1.29, 1.82) is 5.26 Å². The standard InChI is InChI=1S/C15H12N2O3S/c1-21(19,20)14-8-7-13(9-12(14)10-16)17-15(18)11-5-3-2-4-6-11/h2-9H,1H3,(H,17,18). The number of carbonyl (C=O) groups is 1. The summed E-state index contributed by atoms with van der Waals surface area (Å²) in [4.78, 5) is 11.9. The molecule has 0 aliphatic rings. The molecule has 0 saturated carbocycles. The second kappa shape index (κ2) is 5.77. The summed E-state index contributed by atoms with van der Waals surface area (Å²) in [5.74, 6) is -0.327. The summed E-state index contributed by atoms with van der Waals surface area (Å²) < 4.78 is 23.1. The lowest BCUT2D eigenvalue weighted by atomic mass is 10.2. The van der Waals surface area contributed by atoms with Crippen LogP contribution in [0.5, 0.6) is 0 Å². The fourth-order valence-corrected chi connectivity index (χ4v) is 2.63. The highest BCUT2D eigenvalue weighted by Gasteiger charge is 2.14. The minimum absolute atomic E-state index is 0.00311. The molecule has 0 fully saturated rings. The minimum atomic E-state index is -3.48. The highest BCUT2D eigenvalue weighted by molar-refractivity contribution is 7.90. The molecule has 106 valence electrons. The first-order valence-corrected chi connectivity index (χ1v) is 7.91. The second-order valence-electron chi connectivity index (χ2n) is 4.42. The second-order valence-corrected chi connectivity index (χ2v) is 6.40. The number of nitrogens with one attached hydrogen (secondary N) is 1. The normalized spacial score (nSPS) is 10.7. The van der Waals surface area contributed by atoms with E-state index in [-0.39, 0.29) is 16.4 Å². The average molecular weight is 300 g/mol. The van der Waals surface area contributed by atoms with E-state index in [1.807, 2.05) is 6.07 Å². The van der Waals surface area contributed by atoms with E-state index in [0.29, 0.717) is 11.3 Å². The van der Waals surface area contributed by atoms with Crippen molar-refractivity contribution in [2.45, 2.75) is 4.90 Å². The van der Waals surface area contributed by atoms with Gasteiger partial charge < -0.3 is 5.32 Å². The molecule has 2 aromatic rings. The molecule has 6 heteroatoms. The van der Waals surface area contributed by atoms with E-state index >= 15 is 0 Å². The van der Waals surface area contributed by atoms with Crippen LogP contribution in [0.25, 0.3) is 0 Å². The first kappa shape index (κ1) is 14.8. The zero-order chi connectivity index (χ0) is 15.5. The van der Waals surface area contributed by atoms with Crippen molar-refractivity contribution in [2.75, 3.05) is 11.6 Å². The van der Waals surface area contributed by atoms with Gasteiger partial charge in [0.25, 0.3) is 5.91 Å². The summed E-state index contributed by atoms with van der Waals surface area (Å²) in [7, 11) is -3.48. The van der Waals surface area contributed by atoms with Crippen LogP contribution in [-0.2, 0) is 9.84 Å². The van der Waals surface area contributed by atoms with Gasteiger partial charge in [-0.05, 0) is 30.3 Å². The number of amides is 1. The molecule has 0 radical (unpaired) electrons. The van der Waals surface area contributed by atoms with Gasteiger partial charge in [-0.2, -0.15) is 5.26 Å². The van der Waals surface area contributed by atoms with E-state index in [9.17, 15) is 13.2 Å². The van der Waals surface area contributed by atoms with Crippen LogP contribution >= 0.6 is 0 Å². The summed E-state index contributed by atoms with van der Waals surface area (Å²) in [5.41, 5.74) is 0.847. The van der Waals surface area contributed by atoms with E-state index in [1.165, 1.54) is 18.2 Å². The Balaban J connectivity index is 2.31. The quantitative estimate of drug-likeness (QED) is 0.941. The van der Waals surface area contributed by atoms with Crippen molar-refractivity contribution in [1.82, 2.24) is 0 Å². The number of benzene rings is 2. The zero-order valence-corrected chi connectivity index (χ0v) is 12.0. The Bertz CT molecular complexity index is 822. The molecular formula is C15H12N2O3S. The molecule has 1 N–H and O–H groups in total. The SMILES string of the molecule is CS(=O)(=O)c1ccc(NC(=O)c2ccccc2)cc1C#N. The van der Waals surface area contributed by atoms with Crippen LogP contribution < -0.4 is 5.32 Å². The third-order valence-electron chi connectivity index (χ3n) is 2.79. The van der Waals surface area contributed by atoms with Crippen LogP contribution in [0, 0.1) is 11.3 Å². The predicted octanol–water partition coefficient (Wildman–Crippen LogP) is 2.21. The molecule has 0 heterocycles. The summed E-state index contributed by atoms with van der Waals surface area (Å²) in [6.07, 6.45) is 1.03. The van der Waals surface area contributed by atoms with Crippen molar-refractivity contribution in [3.8, 4) is 6.07 Å². The number of hydrogen-bond donors (Lipinski definition) is 1. The summed E-state index contributed by atoms with van der Waals surface area (Å²) in [6.45, 7) is 0. The Morgan fingerprint density at radius 1 is 1.14 bits per heavy atom. The van der Waals surface area contributed by atoms with Gasteiger partial charge in [-0.25, -0.2) is 8.42 Å². The van der Waals surface area contributed by atoms with Gasteiger partial charge in [0.2, 0.25) is 0 Å². The van der Waals surface area contributed by atoms with E-state index in [2.05, 4.69) is 5.32 Å². The average Bonchev–Trinajstić information content (AvgIpc) is 2.46. The van der Waals surface area contributed by atoms with Gasteiger partial charge in [0, 0.05) is 17.5 Å². The van der Waals surface area contributed by atoms with Gasteiger partial charge >= 0.3 is 0 Å². The topological polar surface area (TPSA) is 87.0 Å². The van der Waals surface area contributed by atoms with Crippen molar-refractivity contribution in [3.05, 3.63) is 59.7 Å². The van der Waals surface area contributed by atoms with Gasteiger partial charge in [-0.1, -0.05) is 18.2 Å². The smallest absolute Gasteiger partial charge is 0.255 e. The minimum Gasteiger partial charge on any atom is -0.322 e. The Morgan fingerprint density at radius 2 is 1.81 bits per heavy atom. The molecule has 0 aliphatic carbocycles. The van der Waals surface area contributed by atoms with E-state index in [1.54, 1.807) is 30.3 Å². The maximum Gasteiger partial charge on any atom is 0.255 e. The Labute approximate surface area is 122 Å².